The Morgan fingerprint density at radius 2 is 1.96 bits per heavy atom. The van der Waals surface area contributed by atoms with E-state index in [2.05, 4.69) is 22.9 Å². The molecule has 1 saturated heterocycles. The Hall–Kier alpha value is -2.12. The van der Waals surface area contributed by atoms with Crippen LogP contribution in [0, 0.1) is 5.92 Å². The summed E-state index contributed by atoms with van der Waals surface area (Å²) in [6.07, 6.45) is 4.66. The van der Waals surface area contributed by atoms with Crippen molar-refractivity contribution in [3.8, 4) is 0 Å². The predicted octanol–water partition coefficient (Wildman–Crippen LogP) is 1.11. The van der Waals surface area contributed by atoms with Crippen molar-refractivity contribution >= 4 is 23.9 Å². The molecule has 0 radical (unpaired) electrons. The third-order valence-corrected chi connectivity index (χ3v) is 4.74. The second-order valence-corrected chi connectivity index (χ2v) is 6.74. The van der Waals surface area contributed by atoms with Crippen molar-refractivity contribution in [1.29, 1.82) is 0 Å². The van der Waals surface area contributed by atoms with E-state index in [1.807, 2.05) is 6.92 Å². The molecule has 1 spiro atoms. The predicted molar refractivity (Wildman–Crippen MR) is 87.1 cm³/mol. The summed E-state index contributed by atoms with van der Waals surface area (Å²) in [5, 5.41) is 7.44. The molecule has 3 N–H and O–H groups in total. The van der Waals surface area contributed by atoms with Gasteiger partial charge in [0.15, 0.2) is 0 Å². The first kappa shape index (κ1) is 18.2. The maximum atomic E-state index is 12.6. The molecule has 8 heteroatoms. The number of amides is 6. The van der Waals surface area contributed by atoms with Gasteiger partial charge in [0.25, 0.3) is 5.91 Å². The first-order valence-electron chi connectivity index (χ1n) is 8.60. The first-order valence-corrected chi connectivity index (χ1v) is 8.60. The third-order valence-electron chi connectivity index (χ3n) is 4.74. The summed E-state index contributed by atoms with van der Waals surface area (Å²) in [7, 11) is 0. The van der Waals surface area contributed by atoms with Crippen LogP contribution in [0.15, 0.2) is 0 Å². The van der Waals surface area contributed by atoms with E-state index in [-0.39, 0.29) is 5.91 Å². The molecule has 0 aromatic carbocycles. The molecule has 0 aromatic rings. The molecule has 8 nitrogen and oxygen atoms in total. The molecule has 24 heavy (non-hydrogen) atoms. The molecular weight excluding hydrogens is 312 g/mol. The van der Waals surface area contributed by atoms with Gasteiger partial charge in [0.05, 0.1) is 0 Å². The maximum Gasteiger partial charge on any atom is 0.325 e. The van der Waals surface area contributed by atoms with Crippen LogP contribution >= 0.6 is 0 Å². The van der Waals surface area contributed by atoms with Crippen LogP contribution in [0.4, 0.5) is 9.59 Å². The summed E-state index contributed by atoms with van der Waals surface area (Å²) in [5.74, 6) is -0.501. The zero-order chi connectivity index (χ0) is 17.7. The van der Waals surface area contributed by atoms with E-state index >= 15 is 0 Å². The number of nitrogens with one attached hydrogen (secondary N) is 3. The molecule has 0 bridgehead atoms. The maximum absolute atomic E-state index is 12.6. The minimum Gasteiger partial charge on any atom is -0.338 e. The summed E-state index contributed by atoms with van der Waals surface area (Å²) in [5.41, 5.74) is -0.868. The van der Waals surface area contributed by atoms with E-state index in [4.69, 9.17) is 0 Å². The van der Waals surface area contributed by atoms with Gasteiger partial charge in [-0.3, -0.25) is 19.8 Å². The molecule has 2 fully saturated rings. The van der Waals surface area contributed by atoms with Gasteiger partial charge in [0, 0.05) is 6.54 Å². The quantitative estimate of drug-likeness (QED) is 0.515. The molecule has 1 saturated carbocycles. The van der Waals surface area contributed by atoms with E-state index in [9.17, 15) is 19.2 Å². The average Bonchev–Trinajstić information content (AvgIpc) is 2.75. The van der Waals surface area contributed by atoms with Gasteiger partial charge in [-0.2, -0.15) is 0 Å². The van der Waals surface area contributed by atoms with Crippen LogP contribution in [0.2, 0.25) is 0 Å². The fourth-order valence-corrected chi connectivity index (χ4v) is 3.15. The molecule has 1 aliphatic heterocycles. The van der Waals surface area contributed by atoms with Gasteiger partial charge in [-0.15, -0.1) is 0 Å². The average molecular weight is 338 g/mol. The van der Waals surface area contributed by atoms with Crippen molar-refractivity contribution in [3.05, 3.63) is 0 Å². The number of rotatable bonds is 5. The zero-order valence-electron chi connectivity index (χ0n) is 14.3. The highest BCUT2D eigenvalue weighted by Gasteiger charge is 2.52. The summed E-state index contributed by atoms with van der Waals surface area (Å²) in [4.78, 5) is 49.0. The number of unbranched alkanes of at least 4 members (excludes halogenated alkanes) is 1. The number of carbonyl (C=O) groups excluding carboxylic acids is 4. The Balaban J connectivity index is 1.88. The number of urea groups is 2. The summed E-state index contributed by atoms with van der Waals surface area (Å²) in [6.45, 7) is 4.14. The fourth-order valence-electron chi connectivity index (χ4n) is 3.15. The SMILES string of the molecule is CCCCNC(=O)NC(=O)CN1C(=O)NC2(CCC(C)CC2)C1=O. The van der Waals surface area contributed by atoms with E-state index < -0.39 is 30.1 Å². The van der Waals surface area contributed by atoms with E-state index in [1.54, 1.807) is 0 Å². The van der Waals surface area contributed by atoms with Gasteiger partial charge in [0.2, 0.25) is 5.91 Å². The highest BCUT2D eigenvalue weighted by molar-refractivity contribution is 6.10. The zero-order valence-corrected chi connectivity index (χ0v) is 14.3. The summed E-state index contributed by atoms with van der Waals surface area (Å²) < 4.78 is 0. The van der Waals surface area contributed by atoms with Crippen LogP contribution in [0.25, 0.3) is 0 Å². The topological polar surface area (TPSA) is 108 Å². The lowest BCUT2D eigenvalue weighted by Gasteiger charge is -2.33. The monoisotopic (exact) mass is 338 g/mol. The lowest BCUT2D eigenvalue weighted by Crippen LogP contribution is -2.50. The standard InChI is InChI=1S/C16H26N4O4/c1-3-4-9-17-14(23)18-12(21)10-20-13(22)16(19-15(20)24)7-5-11(2)6-8-16/h11H,3-10H2,1-2H3,(H,19,24)(H2,17,18,21,23). The largest absolute Gasteiger partial charge is 0.338 e. The number of carbonyl (C=O) groups is 4. The summed E-state index contributed by atoms with van der Waals surface area (Å²) >= 11 is 0. The van der Waals surface area contributed by atoms with Crippen molar-refractivity contribution in [2.45, 2.75) is 57.9 Å². The molecule has 0 aromatic heterocycles. The van der Waals surface area contributed by atoms with Crippen LogP contribution in [-0.2, 0) is 9.59 Å². The van der Waals surface area contributed by atoms with E-state index in [0.717, 1.165) is 30.6 Å². The Labute approximate surface area is 141 Å². The van der Waals surface area contributed by atoms with Crippen LogP contribution in [0.5, 0.6) is 0 Å². The fraction of sp³-hybridized carbons (Fsp3) is 0.750. The number of imide groups is 2. The van der Waals surface area contributed by atoms with Crippen molar-refractivity contribution in [2.24, 2.45) is 5.92 Å². The van der Waals surface area contributed by atoms with Gasteiger partial charge in [-0.25, -0.2) is 9.59 Å². The molecule has 2 rings (SSSR count). The normalized spacial score (nSPS) is 26.4. The van der Waals surface area contributed by atoms with Crippen molar-refractivity contribution < 1.29 is 19.2 Å². The lowest BCUT2D eigenvalue weighted by molar-refractivity contribution is -0.135. The molecule has 0 atom stereocenters. The van der Waals surface area contributed by atoms with Crippen LogP contribution in [0.1, 0.15) is 52.4 Å². The smallest absolute Gasteiger partial charge is 0.325 e. The third kappa shape index (κ3) is 4.04. The van der Waals surface area contributed by atoms with Crippen molar-refractivity contribution in [1.82, 2.24) is 20.9 Å². The molecule has 1 aliphatic carbocycles. The van der Waals surface area contributed by atoms with Gasteiger partial charge in [-0.05, 0) is 38.0 Å². The second-order valence-electron chi connectivity index (χ2n) is 6.74. The van der Waals surface area contributed by atoms with Crippen LogP contribution < -0.4 is 16.0 Å². The molecular formula is C16H26N4O4. The number of nitrogens with zero attached hydrogens (tertiary/aromatic N) is 1. The van der Waals surface area contributed by atoms with Gasteiger partial charge >= 0.3 is 12.1 Å². The highest BCUT2D eigenvalue weighted by atomic mass is 16.2. The van der Waals surface area contributed by atoms with Gasteiger partial charge < -0.3 is 10.6 Å². The Morgan fingerprint density at radius 3 is 2.58 bits per heavy atom. The molecule has 6 amide bonds. The summed E-state index contributed by atoms with van der Waals surface area (Å²) in [6, 6.07) is -1.17. The van der Waals surface area contributed by atoms with Gasteiger partial charge in [0.1, 0.15) is 12.1 Å². The van der Waals surface area contributed by atoms with Crippen LogP contribution in [0.3, 0.4) is 0 Å². The minimum atomic E-state index is -0.868. The van der Waals surface area contributed by atoms with E-state index in [1.165, 1.54) is 0 Å². The van der Waals surface area contributed by atoms with Crippen molar-refractivity contribution in [2.75, 3.05) is 13.1 Å². The number of hydrogen-bond donors (Lipinski definition) is 3. The van der Waals surface area contributed by atoms with Crippen molar-refractivity contribution in [3.63, 3.8) is 0 Å². The lowest BCUT2D eigenvalue weighted by atomic mass is 9.77. The minimum absolute atomic E-state index is 0.360. The molecule has 2 aliphatic rings. The van der Waals surface area contributed by atoms with Crippen LogP contribution in [-0.4, -0.2) is 47.4 Å². The first-order chi connectivity index (χ1) is 11.4. The number of hydrogen-bond acceptors (Lipinski definition) is 4. The molecule has 134 valence electrons. The molecule has 0 unspecified atom stereocenters. The van der Waals surface area contributed by atoms with E-state index in [0.29, 0.717) is 25.3 Å². The Bertz CT molecular complexity index is 526. The van der Waals surface area contributed by atoms with Gasteiger partial charge in [-0.1, -0.05) is 20.3 Å². The Kier molecular flexibility index (Phi) is 5.80. The Morgan fingerprint density at radius 1 is 1.29 bits per heavy atom. The second kappa shape index (κ2) is 7.63. The molecule has 1 heterocycles. The highest BCUT2D eigenvalue weighted by Crippen LogP contribution is 2.36.